The van der Waals surface area contributed by atoms with Gasteiger partial charge >= 0.3 is 0 Å². The number of rotatable bonds is 4. The summed E-state index contributed by atoms with van der Waals surface area (Å²) in [4.78, 5) is 1.20. The number of hydrogen-bond donors (Lipinski definition) is 2. The maximum absolute atomic E-state index is 9.89. The van der Waals surface area contributed by atoms with E-state index in [-0.39, 0.29) is 11.9 Å². The molecule has 84 valence electrons. The zero-order chi connectivity index (χ0) is 11.4. The van der Waals surface area contributed by atoms with Crippen LogP contribution in [-0.4, -0.2) is 16.3 Å². The Morgan fingerprint density at radius 2 is 1.81 bits per heavy atom. The third-order valence-corrected chi connectivity index (χ3v) is 3.32. The van der Waals surface area contributed by atoms with Crippen molar-refractivity contribution < 1.29 is 10.2 Å². The maximum Gasteiger partial charge on any atom is 0.115 e. The molecule has 1 heterocycles. The minimum Gasteiger partial charge on any atom is -0.508 e. The summed E-state index contributed by atoms with van der Waals surface area (Å²) in [5, 5.41) is 21.0. The van der Waals surface area contributed by atoms with Crippen LogP contribution in [0.25, 0.3) is 0 Å². The Morgan fingerprint density at radius 1 is 1.06 bits per heavy atom. The van der Waals surface area contributed by atoms with Crippen LogP contribution in [0, 0.1) is 0 Å². The molecule has 2 N–H and O–H groups in total. The third kappa shape index (κ3) is 3.08. The average Bonchev–Trinajstić information content (AvgIpc) is 2.74. The molecular weight excluding hydrogens is 220 g/mol. The summed E-state index contributed by atoms with van der Waals surface area (Å²) in [5.41, 5.74) is 1.04. The van der Waals surface area contributed by atoms with E-state index in [0.29, 0.717) is 12.8 Å². The zero-order valence-electron chi connectivity index (χ0n) is 8.84. The molecule has 0 aliphatic carbocycles. The number of hydrogen-bond acceptors (Lipinski definition) is 3. The Balaban J connectivity index is 1.92. The predicted octanol–water partition coefficient (Wildman–Crippen LogP) is 2.60. The molecule has 0 saturated carbocycles. The molecule has 0 bridgehead atoms. The molecule has 2 rings (SSSR count). The van der Waals surface area contributed by atoms with Crippen LogP contribution in [0.3, 0.4) is 0 Å². The lowest BCUT2D eigenvalue weighted by Crippen LogP contribution is -2.12. The number of benzene rings is 1. The van der Waals surface area contributed by atoms with Gasteiger partial charge in [-0.1, -0.05) is 18.2 Å². The van der Waals surface area contributed by atoms with Crippen LogP contribution in [0.1, 0.15) is 10.4 Å². The highest BCUT2D eigenvalue weighted by Gasteiger charge is 2.07. The van der Waals surface area contributed by atoms with Crippen molar-refractivity contribution in [2.75, 3.05) is 0 Å². The normalized spacial score (nSPS) is 12.6. The topological polar surface area (TPSA) is 40.5 Å². The van der Waals surface area contributed by atoms with Gasteiger partial charge in [0.2, 0.25) is 0 Å². The minimum atomic E-state index is -0.358. The molecule has 0 fully saturated rings. The molecule has 1 aromatic carbocycles. The smallest absolute Gasteiger partial charge is 0.115 e. The van der Waals surface area contributed by atoms with Gasteiger partial charge in [-0.05, 0) is 35.6 Å². The summed E-state index contributed by atoms with van der Waals surface area (Å²) >= 11 is 1.66. The van der Waals surface area contributed by atoms with Crippen molar-refractivity contribution in [2.45, 2.75) is 18.9 Å². The number of aromatic hydroxyl groups is 1. The Hall–Kier alpha value is -1.32. The summed E-state index contributed by atoms with van der Waals surface area (Å²) in [6.07, 6.45) is 0.958. The second-order valence-corrected chi connectivity index (χ2v) is 4.84. The van der Waals surface area contributed by atoms with E-state index in [0.717, 1.165) is 5.56 Å². The van der Waals surface area contributed by atoms with E-state index in [1.54, 1.807) is 23.5 Å². The Morgan fingerprint density at radius 3 is 2.44 bits per heavy atom. The standard InChI is InChI=1S/C13H14O2S/c14-11-5-3-10(4-6-11)8-12(15)9-13-2-1-7-16-13/h1-7,12,14-15H,8-9H2. The van der Waals surface area contributed by atoms with Gasteiger partial charge in [-0.3, -0.25) is 0 Å². The molecule has 2 nitrogen and oxygen atoms in total. The van der Waals surface area contributed by atoms with Crippen molar-refractivity contribution in [1.82, 2.24) is 0 Å². The van der Waals surface area contributed by atoms with Crippen LogP contribution in [0.5, 0.6) is 5.75 Å². The molecule has 0 aliphatic rings. The molecule has 0 saturated heterocycles. The number of aliphatic hydroxyl groups excluding tert-OH is 1. The number of aliphatic hydroxyl groups is 1. The van der Waals surface area contributed by atoms with Crippen LogP contribution >= 0.6 is 11.3 Å². The molecular formula is C13H14O2S. The minimum absolute atomic E-state index is 0.261. The van der Waals surface area contributed by atoms with Crippen LogP contribution in [0.2, 0.25) is 0 Å². The summed E-state index contributed by atoms with van der Waals surface area (Å²) in [6, 6.07) is 11.0. The molecule has 2 aromatic rings. The summed E-state index contributed by atoms with van der Waals surface area (Å²) in [6.45, 7) is 0. The quantitative estimate of drug-likeness (QED) is 0.853. The van der Waals surface area contributed by atoms with Crippen molar-refractivity contribution in [1.29, 1.82) is 0 Å². The lowest BCUT2D eigenvalue weighted by molar-refractivity contribution is 0.176. The lowest BCUT2D eigenvalue weighted by Gasteiger charge is -2.09. The van der Waals surface area contributed by atoms with E-state index in [2.05, 4.69) is 0 Å². The number of thiophene rings is 1. The van der Waals surface area contributed by atoms with Crippen LogP contribution < -0.4 is 0 Å². The fraction of sp³-hybridized carbons (Fsp3) is 0.231. The molecule has 0 spiro atoms. The first-order chi connectivity index (χ1) is 7.74. The third-order valence-electron chi connectivity index (χ3n) is 2.42. The highest BCUT2D eigenvalue weighted by Crippen LogP contribution is 2.15. The summed E-state index contributed by atoms with van der Waals surface area (Å²) in [7, 11) is 0. The highest BCUT2D eigenvalue weighted by atomic mass is 32.1. The van der Waals surface area contributed by atoms with Gasteiger partial charge < -0.3 is 10.2 Å². The van der Waals surface area contributed by atoms with Crippen molar-refractivity contribution in [3.05, 3.63) is 52.2 Å². The van der Waals surface area contributed by atoms with E-state index in [4.69, 9.17) is 5.11 Å². The van der Waals surface area contributed by atoms with Crippen molar-refractivity contribution in [3.8, 4) is 5.75 Å². The van der Waals surface area contributed by atoms with Gasteiger partial charge in [0.25, 0.3) is 0 Å². The van der Waals surface area contributed by atoms with Crippen LogP contribution in [0.4, 0.5) is 0 Å². The van der Waals surface area contributed by atoms with Gasteiger partial charge in [-0.2, -0.15) is 0 Å². The van der Waals surface area contributed by atoms with E-state index in [1.165, 1.54) is 4.88 Å². The predicted molar refractivity (Wildman–Crippen MR) is 65.8 cm³/mol. The van der Waals surface area contributed by atoms with E-state index < -0.39 is 0 Å². The zero-order valence-corrected chi connectivity index (χ0v) is 9.65. The van der Waals surface area contributed by atoms with Gasteiger partial charge in [0.15, 0.2) is 0 Å². The summed E-state index contributed by atoms with van der Waals surface area (Å²) < 4.78 is 0. The molecule has 1 aromatic heterocycles. The van der Waals surface area contributed by atoms with Crippen molar-refractivity contribution >= 4 is 11.3 Å². The maximum atomic E-state index is 9.89. The van der Waals surface area contributed by atoms with E-state index in [9.17, 15) is 5.11 Å². The van der Waals surface area contributed by atoms with Crippen molar-refractivity contribution in [3.63, 3.8) is 0 Å². The van der Waals surface area contributed by atoms with Gasteiger partial charge in [0, 0.05) is 11.3 Å². The van der Waals surface area contributed by atoms with Crippen molar-refractivity contribution in [2.24, 2.45) is 0 Å². The largest absolute Gasteiger partial charge is 0.508 e. The Bertz CT molecular complexity index is 420. The van der Waals surface area contributed by atoms with E-state index in [1.807, 2.05) is 29.6 Å². The van der Waals surface area contributed by atoms with Gasteiger partial charge in [0.05, 0.1) is 6.10 Å². The van der Waals surface area contributed by atoms with Gasteiger partial charge in [0.1, 0.15) is 5.75 Å². The average molecular weight is 234 g/mol. The first-order valence-corrected chi connectivity index (χ1v) is 6.10. The van der Waals surface area contributed by atoms with Gasteiger partial charge in [-0.25, -0.2) is 0 Å². The fourth-order valence-corrected chi connectivity index (χ4v) is 2.41. The lowest BCUT2D eigenvalue weighted by atomic mass is 10.1. The van der Waals surface area contributed by atoms with Crippen LogP contribution in [-0.2, 0) is 12.8 Å². The highest BCUT2D eigenvalue weighted by molar-refractivity contribution is 7.09. The Kier molecular flexibility index (Phi) is 3.59. The van der Waals surface area contributed by atoms with Crippen LogP contribution in [0.15, 0.2) is 41.8 Å². The Labute approximate surface area is 98.8 Å². The monoisotopic (exact) mass is 234 g/mol. The molecule has 0 aliphatic heterocycles. The second-order valence-electron chi connectivity index (χ2n) is 3.81. The molecule has 1 unspecified atom stereocenters. The SMILES string of the molecule is Oc1ccc(CC(O)Cc2cccs2)cc1. The first-order valence-electron chi connectivity index (χ1n) is 5.22. The van der Waals surface area contributed by atoms with Gasteiger partial charge in [-0.15, -0.1) is 11.3 Å². The van der Waals surface area contributed by atoms with E-state index >= 15 is 0 Å². The number of phenolic OH excluding ortho intramolecular Hbond substituents is 1. The molecule has 0 amide bonds. The molecule has 16 heavy (non-hydrogen) atoms. The second kappa shape index (κ2) is 5.14. The fourth-order valence-electron chi connectivity index (χ4n) is 1.64. The number of phenols is 1. The molecule has 0 radical (unpaired) electrons. The summed E-state index contributed by atoms with van der Waals surface area (Å²) in [5.74, 6) is 0.261. The molecule has 1 atom stereocenters. The first kappa shape index (κ1) is 11.2. The molecule has 3 heteroatoms.